The quantitative estimate of drug-likeness (QED) is 0.871. The van der Waals surface area contributed by atoms with Gasteiger partial charge >= 0.3 is 0 Å². The molecular formula is C15H23N3. The van der Waals surface area contributed by atoms with Crippen molar-refractivity contribution in [3.8, 4) is 0 Å². The molecule has 2 heterocycles. The average Bonchev–Trinajstić information content (AvgIpc) is 2.82. The summed E-state index contributed by atoms with van der Waals surface area (Å²) in [6.45, 7) is 3.93. The summed E-state index contributed by atoms with van der Waals surface area (Å²) >= 11 is 0. The molecule has 18 heavy (non-hydrogen) atoms. The fourth-order valence-electron chi connectivity index (χ4n) is 3.71. The molecule has 98 valence electrons. The Morgan fingerprint density at radius 3 is 2.94 bits per heavy atom. The van der Waals surface area contributed by atoms with Crippen molar-refractivity contribution in [1.82, 2.24) is 4.98 Å². The summed E-state index contributed by atoms with van der Waals surface area (Å²) < 4.78 is 0. The highest BCUT2D eigenvalue weighted by molar-refractivity contribution is 5.49. The lowest BCUT2D eigenvalue weighted by atomic mass is 9.85. The van der Waals surface area contributed by atoms with E-state index in [4.69, 9.17) is 5.73 Å². The molecule has 2 atom stereocenters. The molecule has 0 spiro atoms. The lowest BCUT2D eigenvalue weighted by molar-refractivity contribution is 0.341. The van der Waals surface area contributed by atoms with Crippen molar-refractivity contribution in [3.63, 3.8) is 0 Å². The van der Waals surface area contributed by atoms with Crippen LogP contribution in [0.1, 0.15) is 43.2 Å². The van der Waals surface area contributed by atoms with E-state index in [1.54, 1.807) is 0 Å². The maximum Gasteiger partial charge on any atom is 0.131 e. The Morgan fingerprint density at radius 2 is 2.17 bits per heavy atom. The van der Waals surface area contributed by atoms with E-state index in [-0.39, 0.29) is 0 Å². The largest absolute Gasteiger partial charge is 0.353 e. The molecular weight excluding hydrogens is 222 g/mol. The van der Waals surface area contributed by atoms with Crippen molar-refractivity contribution in [3.05, 3.63) is 23.4 Å². The summed E-state index contributed by atoms with van der Waals surface area (Å²) in [6, 6.07) is 2.94. The number of aryl methyl sites for hydroxylation is 1. The Hall–Kier alpha value is -1.09. The van der Waals surface area contributed by atoms with Crippen LogP contribution in [0.15, 0.2) is 12.3 Å². The number of fused-ring (bicyclic) bond motifs is 1. The van der Waals surface area contributed by atoms with E-state index >= 15 is 0 Å². The van der Waals surface area contributed by atoms with Crippen LogP contribution in [0.2, 0.25) is 0 Å². The van der Waals surface area contributed by atoms with Gasteiger partial charge in [-0.15, -0.1) is 0 Å². The molecule has 1 aromatic heterocycles. The fourth-order valence-corrected chi connectivity index (χ4v) is 3.71. The van der Waals surface area contributed by atoms with Gasteiger partial charge in [0.05, 0.1) is 0 Å². The molecule has 3 rings (SSSR count). The van der Waals surface area contributed by atoms with Crippen LogP contribution in [-0.2, 0) is 6.54 Å². The summed E-state index contributed by atoms with van der Waals surface area (Å²) in [7, 11) is 0. The fraction of sp³-hybridized carbons (Fsp3) is 0.667. The predicted octanol–water partition coefficient (Wildman–Crippen LogP) is 2.62. The molecule has 2 aliphatic rings. The molecule has 1 aliphatic carbocycles. The van der Waals surface area contributed by atoms with Gasteiger partial charge < -0.3 is 10.6 Å². The highest BCUT2D eigenvalue weighted by Gasteiger charge is 2.36. The SMILES string of the molecule is Cc1cc(CN)cnc1N1CCC2CCCCC21. The van der Waals surface area contributed by atoms with Crippen LogP contribution in [0.3, 0.4) is 0 Å². The maximum absolute atomic E-state index is 5.67. The van der Waals surface area contributed by atoms with Crippen molar-refractivity contribution in [2.45, 2.75) is 51.6 Å². The molecule has 0 aromatic carbocycles. The minimum Gasteiger partial charge on any atom is -0.353 e. The van der Waals surface area contributed by atoms with Crippen LogP contribution in [0, 0.1) is 12.8 Å². The van der Waals surface area contributed by atoms with Crippen molar-refractivity contribution in [2.24, 2.45) is 11.7 Å². The van der Waals surface area contributed by atoms with E-state index in [0.29, 0.717) is 6.54 Å². The smallest absolute Gasteiger partial charge is 0.131 e. The second kappa shape index (κ2) is 4.88. The molecule has 2 fully saturated rings. The predicted molar refractivity (Wildman–Crippen MR) is 74.6 cm³/mol. The third kappa shape index (κ3) is 2.01. The summed E-state index contributed by atoms with van der Waals surface area (Å²) in [5.74, 6) is 2.11. The minimum atomic E-state index is 0.584. The first-order valence-electron chi connectivity index (χ1n) is 7.22. The van der Waals surface area contributed by atoms with E-state index in [2.05, 4.69) is 22.9 Å². The minimum absolute atomic E-state index is 0.584. The molecule has 1 saturated carbocycles. The standard InChI is InChI=1S/C15H23N3/c1-11-8-12(9-16)10-17-15(11)18-7-6-13-4-2-3-5-14(13)18/h8,10,13-14H,2-7,9,16H2,1H3. The highest BCUT2D eigenvalue weighted by atomic mass is 15.2. The van der Waals surface area contributed by atoms with Crippen LogP contribution in [0.4, 0.5) is 5.82 Å². The lowest BCUT2D eigenvalue weighted by Gasteiger charge is -2.33. The van der Waals surface area contributed by atoms with Gasteiger partial charge in [-0.25, -0.2) is 4.98 Å². The zero-order chi connectivity index (χ0) is 12.5. The van der Waals surface area contributed by atoms with Crippen molar-refractivity contribution in [2.75, 3.05) is 11.4 Å². The molecule has 1 aromatic rings. The number of nitrogens with two attached hydrogens (primary N) is 1. The van der Waals surface area contributed by atoms with Gasteiger partial charge in [0.2, 0.25) is 0 Å². The van der Waals surface area contributed by atoms with Gasteiger partial charge in [-0.2, -0.15) is 0 Å². The van der Waals surface area contributed by atoms with Gasteiger partial charge in [0.1, 0.15) is 5.82 Å². The second-order valence-electron chi connectivity index (χ2n) is 5.78. The number of aromatic nitrogens is 1. The van der Waals surface area contributed by atoms with Crippen LogP contribution in [0.5, 0.6) is 0 Å². The molecule has 0 amide bonds. The number of nitrogens with zero attached hydrogens (tertiary/aromatic N) is 2. The first-order valence-corrected chi connectivity index (χ1v) is 7.22. The Kier molecular flexibility index (Phi) is 3.25. The van der Waals surface area contributed by atoms with E-state index in [0.717, 1.165) is 17.5 Å². The van der Waals surface area contributed by atoms with E-state index in [9.17, 15) is 0 Å². The summed E-state index contributed by atoms with van der Waals surface area (Å²) in [5, 5.41) is 0. The highest BCUT2D eigenvalue weighted by Crippen LogP contribution is 2.39. The number of hydrogen-bond donors (Lipinski definition) is 1. The zero-order valence-corrected chi connectivity index (χ0v) is 11.2. The number of rotatable bonds is 2. The van der Waals surface area contributed by atoms with Crippen molar-refractivity contribution in [1.29, 1.82) is 0 Å². The lowest BCUT2D eigenvalue weighted by Crippen LogP contribution is -2.35. The van der Waals surface area contributed by atoms with Gasteiger partial charge in [-0.1, -0.05) is 12.8 Å². The van der Waals surface area contributed by atoms with Crippen LogP contribution >= 0.6 is 0 Å². The third-order valence-electron chi connectivity index (χ3n) is 4.63. The van der Waals surface area contributed by atoms with E-state index in [1.165, 1.54) is 50.0 Å². The Labute approximate surface area is 109 Å². The first-order chi connectivity index (χ1) is 8.79. The van der Waals surface area contributed by atoms with E-state index < -0.39 is 0 Å². The Bertz CT molecular complexity index is 430. The monoisotopic (exact) mass is 245 g/mol. The molecule has 1 saturated heterocycles. The average molecular weight is 245 g/mol. The summed E-state index contributed by atoms with van der Waals surface area (Å²) in [5.41, 5.74) is 8.09. The Morgan fingerprint density at radius 1 is 1.33 bits per heavy atom. The van der Waals surface area contributed by atoms with Gasteiger partial charge in [0.25, 0.3) is 0 Å². The van der Waals surface area contributed by atoms with Gasteiger partial charge in [-0.3, -0.25) is 0 Å². The van der Waals surface area contributed by atoms with Gasteiger partial charge in [0.15, 0.2) is 0 Å². The zero-order valence-electron chi connectivity index (χ0n) is 11.2. The summed E-state index contributed by atoms with van der Waals surface area (Å²) in [4.78, 5) is 7.22. The normalized spacial score (nSPS) is 27.3. The summed E-state index contributed by atoms with van der Waals surface area (Å²) in [6.07, 6.45) is 8.87. The molecule has 1 aliphatic heterocycles. The number of hydrogen-bond acceptors (Lipinski definition) is 3. The molecule has 3 nitrogen and oxygen atoms in total. The molecule has 0 radical (unpaired) electrons. The molecule has 0 bridgehead atoms. The van der Waals surface area contributed by atoms with Crippen molar-refractivity contribution >= 4 is 5.82 Å². The number of pyridine rings is 1. The maximum atomic E-state index is 5.67. The first kappa shape index (κ1) is 12.0. The van der Waals surface area contributed by atoms with Gasteiger partial charge in [-0.05, 0) is 49.3 Å². The Balaban J connectivity index is 1.86. The molecule has 2 unspecified atom stereocenters. The van der Waals surface area contributed by atoms with Crippen LogP contribution < -0.4 is 10.6 Å². The van der Waals surface area contributed by atoms with E-state index in [1.807, 2.05) is 6.20 Å². The van der Waals surface area contributed by atoms with Gasteiger partial charge in [0, 0.05) is 25.3 Å². The topological polar surface area (TPSA) is 42.1 Å². The number of anilines is 1. The van der Waals surface area contributed by atoms with Crippen LogP contribution in [-0.4, -0.2) is 17.6 Å². The third-order valence-corrected chi connectivity index (χ3v) is 4.63. The second-order valence-corrected chi connectivity index (χ2v) is 5.78. The molecule has 2 N–H and O–H groups in total. The molecule has 3 heteroatoms. The van der Waals surface area contributed by atoms with Crippen molar-refractivity contribution < 1.29 is 0 Å². The van der Waals surface area contributed by atoms with Crippen LogP contribution in [0.25, 0.3) is 0 Å².